The summed E-state index contributed by atoms with van der Waals surface area (Å²) in [5.41, 5.74) is 3.51. The summed E-state index contributed by atoms with van der Waals surface area (Å²) in [6.45, 7) is 13.9. The topological polar surface area (TPSA) is 40.5 Å². The SMILES string of the molecule is CC(C)(C)C(=O)n1ccc(-c2ccc(-c3ccccc3)cc2)c1B1OC(C)(C)C(C)(C)O1. The molecule has 0 atom stereocenters. The second-order valence-electron chi connectivity index (χ2n) is 10.6. The molecule has 2 aromatic carbocycles. The highest BCUT2D eigenvalue weighted by Crippen LogP contribution is 2.38. The van der Waals surface area contributed by atoms with E-state index in [-0.39, 0.29) is 5.91 Å². The van der Waals surface area contributed by atoms with Crippen LogP contribution in [0, 0.1) is 5.41 Å². The Balaban J connectivity index is 1.80. The number of benzene rings is 2. The fourth-order valence-electron chi connectivity index (χ4n) is 3.90. The first-order chi connectivity index (χ1) is 14.9. The van der Waals surface area contributed by atoms with Crippen molar-refractivity contribution in [1.29, 1.82) is 0 Å². The van der Waals surface area contributed by atoms with Crippen LogP contribution in [0.3, 0.4) is 0 Å². The number of carbonyl (C=O) groups is 1. The number of hydrogen-bond acceptors (Lipinski definition) is 3. The molecule has 0 unspecified atom stereocenters. The molecule has 5 heteroatoms. The van der Waals surface area contributed by atoms with Gasteiger partial charge in [-0.2, -0.15) is 0 Å². The third-order valence-electron chi connectivity index (χ3n) is 6.57. The van der Waals surface area contributed by atoms with Gasteiger partial charge in [0.15, 0.2) is 0 Å². The molecule has 0 amide bonds. The minimum atomic E-state index is -0.634. The molecule has 0 radical (unpaired) electrons. The zero-order valence-corrected chi connectivity index (χ0v) is 20.1. The number of aromatic nitrogens is 1. The first kappa shape index (κ1) is 22.6. The smallest absolute Gasteiger partial charge is 0.398 e. The van der Waals surface area contributed by atoms with Crippen LogP contribution in [0.25, 0.3) is 22.3 Å². The van der Waals surface area contributed by atoms with Gasteiger partial charge in [0.2, 0.25) is 5.91 Å². The second kappa shape index (κ2) is 7.75. The number of nitrogens with zero attached hydrogens (tertiary/aromatic N) is 1. The Hall–Kier alpha value is -2.63. The van der Waals surface area contributed by atoms with Crippen molar-refractivity contribution >= 4 is 18.6 Å². The standard InChI is InChI=1S/C27H32BNO3/c1-25(2,3)24(30)29-18-17-22(23(29)28-31-26(4,5)27(6,7)32-28)21-15-13-20(14-16-21)19-11-9-8-10-12-19/h8-18H,1-7H3. The van der Waals surface area contributed by atoms with Gasteiger partial charge in [-0.3, -0.25) is 9.36 Å². The molecule has 1 aromatic heterocycles. The van der Waals surface area contributed by atoms with Crippen LogP contribution in [0.1, 0.15) is 53.3 Å². The summed E-state index contributed by atoms with van der Waals surface area (Å²) in [5, 5.41) is 0. The molecule has 0 spiro atoms. The van der Waals surface area contributed by atoms with Crippen molar-refractivity contribution in [2.24, 2.45) is 5.41 Å². The van der Waals surface area contributed by atoms with E-state index in [1.54, 1.807) is 4.57 Å². The Morgan fingerprint density at radius 1 is 0.781 bits per heavy atom. The highest BCUT2D eigenvalue weighted by atomic mass is 16.7. The predicted molar refractivity (Wildman–Crippen MR) is 131 cm³/mol. The van der Waals surface area contributed by atoms with E-state index >= 15 is 0 Å². The minimum Gasteiger partial charge on any atom is -0.398 e. The number of hydrogen-bond donors (Lipinski definition) is 0. The van der Waals surface area contributed by atoms with Crippen LogP contribution >= 0.6 is 0 Å². The minimum absolute atomic E-state index is 0.00867. The summed E-state index contributed by atoms with van der Waals surface area (Å²) >= 11 is 0. The third-order valence-corrected chi connectivity index (χ3v) is 6.57. The maximum atomic E-state index is 13.3. The van der Waals surface area contributed by atoms with Crippen molar-refractivity contribution in [3.05, 3.63) is 66.9 Å². The van der Waals surface area contributed by atoms with Gasteiger partial charge in [-0.05, 0) is 56.0 Å². The quantitative estimate of drug-likeness (QED) is 0.494. The molecule has 0 bridgehead atoms. The van der Waals surface area contributed by atoms with Gasteiger partial charge in [0, 0.05) is 11.6 Å². The van der Waals surface area contributed by atoms with E-state index in [1.807, 2.05) is 78.9 Å². The van der Waals surface area contributed by atoms with Gasteiger partial charge >= 0.3 is 7.12 Å². The van der Waals surface area contributed by atoms with Crippen molar-refractivity contribution in [2.75, 3.05) is 0 Å². The molecule has 32 heavy (non-hydrogen) atoms. The van der Waals surface area contributed by atoms with Gasteiger partial charge in [0.1, 0.15) is 0 Å². The lowest BCUT2D eigenvalue weighted by Crippen LogP contribution is -2.44. The molecule has 4 nitrogen and oxygen atoms in total. The molecule has 1 fully saturated rings. The van der Waals surface area contributed by atoms with E-state index in [2.05, 4.69) is 36.4 Å². The summed E-state index contributed by atoms with van der Waals surface area (Å²) in [7, 11) is -0.634. The molecule has 4 rings (SSSR count). The number of rotatable bonds is 3. The fraction of sp³-hybridized carbons (Fsp3) is 0.370. The van der Waals surface area contributed by atoms with Gasteiger partial charge < -0.3 is 9.31 Å². The van der Waals surface area contributed by atoms with Gasteiger partial charge in [0.05, 0.1) is 16.8 Å². The molecule has 0 aliphatic carbocycles. The van der Waals surface area contributed by atoms with Crippen LogP contribution in [-0.2, 0) is 9.31 Å². The van der Waals surface area contributed by atoms with Crippen LogP contribution in [-0.4, -0.2) is 28.8 Å². The van der Waals surface area contributed by atoms with Crippen molar-refractivity contribution in [1.82, 2.24) is 4.57 Å². The van der Waals surface area contributed by atoms with Crippen molar-refractivity contribution < 1.29 is 14.1 Å². The molecule has 1 aliphatic rings. The molecular formula is C27H32BNO3. The van der Waals surface area contributed by atoms with E-state index in [1.165, 1.54) is 5.56 Å². The Morgan fingerprint density at radius 3 is 1.81 bits per heavy atom. The molecule has 1 aliphatic heterocycles. The van der Waals surface area contributed by atoms with E-state index < -0.39 is 23.7 Å². The number of carbonyl (C=O) groups excluding carboxylic acids is 1. The Morgan fingerprint density at radius 2 is 1.28 bits per heavy atom. The summed E-state index contributed by atoms with van der Waals surface area (Å²) in [6, 6.07) is 20.7. The predicted octanol–water partition coefficient (Wildman–Crippen LogP) is 5.81. The molecule has 2 heterocycles. The van der Waals surface area contributed by atoms with Crippen LogP contribution in [0.15, 0.2) is 66.9 Å². The first-order valence-electron chi connectivity index (χ1n) is 11.2. The molecule has 166 valence electrons. The molecule has 0 saturated carbocycles. The zero-order valence-electron chi connectivity index (χ0n) is 20.1. The van der Waals surface area contributed by atoms with Crippen molar-refractivity contribution in [2.45, 2.75) is 59.7 Å². The Bertz CT molecular complexity index is 1110. The van der Waals surface area contributed by atoms with Gasteiger partial charge in [-0.15, -0.1) is 0 Å². The fourth-order valence-corrected chi connectivity index (χ4v) is 3.90. The lowest BCUT2D eigenvalue weighted by atomic mass is 9.79. The first-order valence-corrected chi connectivity index (χ1v) is 11.2. The summed E-state index contributed by atoms with van der Waals surface area (Å²) in [5.74, 6) is 0.00867. The summed E-state index contributed by atoms with van der Waals surface area (Å²) in [6.07, 6.45) is 1.84. The van der Waals surface area contributed by atoms with Gasteiger partial charge in [-0.25, -0.2) is 0 Å². The van der Waals surface area contributed by atoms with Crippen LogP contribution in [0.4, 0.5) is 0 Å². The lowest BCUT2D eigenvalue weighted by Gasteiger charge is -2.32. The normalized spacial score (nSPS) is 17.5. The average molecular weight is 429 g/mol. The summed E-state index contributed by atoms with van der Waals surface area (Å²) < 4.78 is 14.5. The van der Waals surface area contributed by atoms with Crippen LogP contribution < -0.4 is 5.59 Å². The molecule has 1 saturated heterocycles. The maximum absolute atomic E-state index is 13.3. The average Bonchev–Trinajstić information content (AvgIpc) is 3.25. The maximum Gasteiger partial charge on any atom is 0.513 e. The molecular weight excluding hydrogens is 397 g/mol. The van der Waals surface area contributed by atoms with E-state index in [9.17, 15) is 4.79 Å². The second-order valence-corrected chi connectivity index (χ2v) is 10.6. The van der Waals surface area contributed by atoms with Crippen molar-refractivity contribution in [3.8, 4) is 22.3 Å². The molecule has 3 aromatic rings. The lowest BCUT2D eigenvalue weighted by molar-refractivity contribution is 0.00578. The van der Waals surface area contributed by atoms with E-state index in [0.717, 1.165) is 22.3 Å². The molecule has 0 N–H and O–H groups in total. The van der Waals surface area contributed by atoms with Crippen LogP contribution in [0.5, 0.6) is 0 Å². The largest absolute Gasteiger partial charge is 0.513 e. The van der Waals surface area contributed by atoms with E-state index in [0.29, 0.717) is 0 Å². The third kappa shape index (κ3) is 3.96. The van der Waals surface area contributed by atoms with E-state index in [4.69, 9.17) is 9.31 Å². The van der Waals surface area contributed by atoms with Crippen molar-refractivity contribution in [3.63, 3.8) is 0 Å². The Kier molecular flexibility index (Phi) is 5.47. The van der Waals surface area contributed by atoms with Crippen LogP contribution in [0.2, 0.25) is 0 Å². The van der Waals surface area contributed by atoms with Gasteiger partial charge in [0.25, 0.3) is 0 Å². The monoisotopic (exact) mass is 429 g/mol. The van der Waals surface area contributed by atoms with Gasteiger partial charge in [-0.1, -0.05) is 75.4 Å². The zero-order chi connectivity index (χ0) is 23.3. The Labute approximate surface area is 191 Å². The highest BCUT2D eigenvalue weighted by molar-refractivity contribution is 6.63. The summed E-state index contributed by atoms with van der Waals surface area (Å²) in [4.78, 5) is 13.3. The highest BCUT2D eigenvalue weighted by Gasteiger charge is 2.53.